The molecule has 0 aliphatic carbocycles. The molecular formula is C11H21N5S. The van der Waals surface area contributed by atoms with E-state index in [0.717, 1.165) is 24.0 Å². The van der Waals surface area contributed by atoms with Crippen LogP contribution in [-0.4, -0.2) is 33.8 Å². The van der Waals surface area contributed by atoms with Crippen LogP contribution in [0.15, 0.2) is 5.16 Å². The van der Waals surface area contributed by atoms with Crippen molar-refractivity contribution in [2.24, 2.45) is 0 Å². The quantitative estimate of drug-likeness (QED) is 0.550. The summed E-state index contributed by atoms with van der Waals surface area (Å²) in [5.74, 6) is 2.35. The van der Waals surface area contributed by atoms with Crippen LogP contribution in [0.25, 0.3) is 0 Å². The predicted molar refractivity (Wildman–Crippen MR) is 73.8 cm³/mol. The summed E-state index contributed by atoms with van der Waals surface area (Å²) in [4.78, 5) is 13.0. The zero-order valence-corrected chi connectivity index (χ0v) is 11.6. The first-order valence-corrected chi connectivity index (χ1v) is 7.15. The first-order valence-electron chi connectivity index (χ1n) is 6.16. The smallest absolute Gasteiger partial charge is 0.228 e. The predicted octanol–water partition coefficient (Wildman–Crippen LogP) is 2.63. The van der Waals surface area contributed by atoms with Crippen LogP contribution in [-0.2, 0) is 0 Å². The molecule has 1 rings (SSSR count). The molecule has 0 spiro atoms. The molecule has 0 amide bonds. The van der Waals surface area contributed by atoms with E-state index < -0.39 is 0 Å². The summed E-state index contributed by atoms with van der Waals surface area (Å²) < 4.78 is 0. The van der Waals surface area contributed by atoms with Crippen LogP contribution in [0.2, 0.25) is 0 Å². The maximum absolute atomic E-state index is 4.37. The second kappa shape index (κ2) is 8.11. The van der Waals surface area contributed by atoms with Crippen molar-refractivity contribution in [3.8, 4) is 0 Å². The van der Waals surface area contributed by atoms with Gasteiger partial charge in [0.1, 0.15) is 0 Å². The maximum Gasteiger partial charge on any atom is 0.228 e. The van der Waals surface area contributed by atoms with Gasteiger partial charge in [0, 0.05) is 18.8 Å². The third-order valence-corrected chi connectivity index (χ3v) is 2.95. The largest absolute Gasteiger partial charge is 0.354 e. The van der Waals surface area contributed by atoms with Crippen molar-refractivity contribution in [2.45, 2.75) is 38.8 Å². The van der Waals surface area contributed by atoms with Crippen LogP contribution in [0, 0.1) is 0 Å². The zero-order chi connectivity index (χ0) is 12.5. The number of unbranched alkanes of at least 4 members (excludes halogenated alkanes) is 1. The molecule has 0 aliphatic heterocycles. The highest BCUT2D eigenvalue weighted by molar-refractivity contribution is 7.99. The van der Waals surface area contributed by atoms with Gasteiger partial charge >= 0.3 is 0 Å². The number of hydrogen-bond acceptors (Lipinski definition) is 6. The number of thioether (sulfide) groups is 1. The lowest BCUT2D eigenvalue weighted by molar-refractivity contribution is 0.873. The van der Waals surface area contributed by atoms with E-state index >= 15 is 0 Å². The Hall–Kier alpha value is -1.04. The molecule has 0 aromatic carbocycles. The van der Waals surface area contributed by atoms with Crippen molar-refractivity contribution in [3.05, 3.63) is 0 Å². The summed E-state index contributed by atoms with van der Waals surface area (Å²) in [5.41, 5.74) is 0. The van der Waals surface area contributed by atoms with E-state index in [1.807, 2.05) is 13.8 Å². The highest BCUT2D eigenvalue weighted by atomic mass is 32.2. The molecule has 0 radical (unpaired) electrons. The molecule has 0 unspecified atom stereocenters. The monoisotopic (exact) mass is 255 g/mol. The van der Waals surface area contributed by atoms with Crippen LogP contribution in [0.5, 0.6) is 0 Å². The Balaban J connectivity index is 2.72. The van der Waals surface area contributed by atoms with Crippen LogP contribution in [0.3, 0.4) is 0 Å². The molecule has 17 heavy (non-hydrogen) atoms. The normalized spacial score (nSPS) is 10.3. The van der Waals surface area contributed by atoms with Gasteiger partial charge in [-0.3, -0.25) is 0 Å². The van der Waals surface area contributed by atoms with E-state index in [2.05, 4.69) is 32.5 Å². The number of aromatic nitrogens is 3. The Morgan fingerprint density at radius 3 is 2.00 bits per heavy atom. The van der Waals surface area contributed by atoms with Gasteiger partial charge in [-0.1, -0.05) is 25.1 Å². The maximum atomic E-state index is 4.37. The lowest BCUT2D eigenvalue weighted by Gasteiger charge is -2.07. The SMILES string of the molecule is CCCCSc1nc(NCC)nc(NCC)n1. The van der Waals surface area contributed by atoms with Crippen LogP contribution < -0.4 is 10.6 Å². The molecule has 1 aromatic rings. The first kappa shape index (κ1) is 14.0. The van der Waals surface area contributed by atoms with Gasteiger partial charge in [0.2, 0.25) is 11.9 Å². The highest BCUT2D eigenvalue weighted by Crippen LogP contribution is 2.17. The van der Waals surface area contributed by atoms with E-state index in [0.29, 0.717) is 11.9 Å². The van der Waals surface area contributed by atoms with Crippen molar-refractivity contribution in [1.29, 1.82) is 0 Å². The summed E-state index contributed by atoms with van der Waals surface area (Å²) in [7, 11) is 0. The summed E-state index contributed by atoms with van der Waals surface area (Å²) >= 11 is 1.68. The average molecular weight is 255 g/mol. The van der Waals surface area contributed by atoms with Gasteiger partial charge < -0.3 is 10.6 Å². The molecule has 1 aromatic heterocycles. The topological polar surface area (TPSA) is 62.7 Å². The Kier molecular flexibility index (Phi) is 6.69. The Morgan fingerprint density at radius 1 is 0.941 bits per heavy atom. The minimum Gasteiger partial charge on any atom is -0.354 e. The van der Waals surface area contributed by atoms with E-state index in [1.54, 1.807) is 11.8 Å². The molecule has 0 fully saturated rings. The van der Waals surface area contributed by atoms with Crippen molar-refractivity contribution >= 4 is 23.7 Å². The molecule has 0 bridgehead atoms. The summed E-state index contributed by atoms with van der Waals surface area (Å²) in [6.45, 7) is 7.87. The molecule has 0 aliphatic rings. The Morgan fingerprint density at radius 2 is 1.53 bits per heavy atom. The average Bonchev–Trinajstić information content (AvgIpc) is 2.30. The van der Waals surface area contributed by atoms with Crippen LogP contribution in [0.4, 0.5) is 11.9 Å². The van der Waals surface area contributed by atoms with Crippen molar-refractivity contribution < 1.29 is 0 Å². The van der Waals surface area contributed by atoms with Gasteiger partial charge in [-0.2, -0.15) is 15.0 Å². The summed E-state index contributed by atoms with van der Waals surface area (Å²) in [6, 6.07) is 0. The number of nitrogens with one attached hydrogen (secondary N) is 2. The van der Waals surface area contributed by atoms with E-state index in [-0.39, 0.29) is 0 Å². The second-order valence-electron chi connectivity index (χ2n) is 3.53. The van der Waals surface area contributed by atoms with Crippen molar-refractivity contribution in [3.63, 3.8) is 0 Å². The fourth-order valence-electron chi connectivity index (χ4n) is 1.20. The minimum absolute atomic E-state index is 0.650. The Bertz CT molecular complexity index is 307. The third kappa shape index (κ3) is 5.21. The number of nitrogens with zero attached hydrogens (tertiary/aromatic N) is 3. The van der Waals surface area contributed by atoms with Gasteiger partial charge in [0.15, 0.2) is 5.16 Å². The second-order valence-corrected chi connectivity index (χ2v) is 4.59. The van der Waals surface area contributed by atoms with E-state index in [9.17, 15) is 0 Å². The van der Waals surface area contributed by atoms with Gasteiger partial charge in [0.25, 0.3) is 0 Å². The first-order chi connectivity index (χ1) is 8.30. The van der Waals surface area contributed by atoms with Crippen molar-refractivity contribution in [2.75, 3.05) is 29.5 Å². The summed E-state index contributed by atoms with van der Waals surface area (Å²) in [6.07, 6.45) is 2.38. The summed E-state index contributed by atoms with van der Waals surface area (Å²) in [5, 5.41) is 7.04. The van der Waals surface area contributed by atoms with Crippen molar-refractivity contribution in [1.82, 2.24) is 15.0 Å². The number of anilines is 2. The van der Waals surface area contributed by atoms with E-state index in [4.69, 9.17) is 0 Å². The lowest BCUT2D eigenvalue weighted by atomic mass is 10.4. The molecule has 0 saturated carbocycles. The van der Waals surface area contributed by atoms with Gasteiger partial charge in [-0.05, 0) is 20.3 Å². The molecule has 0 atom stereocenters. The number of hydrogen-bond donors (Lipinski definition) is 2. The minimum atomic E-state index is 0.650. The lowest BCUT2D eigenvalue weighted by Crippen LogP contribution is -2.09. The zero-order valence-electron chi connectivity index (χ0n) is 10.8. The van der Waals surface area contributed by atoms with Crippen LogP contribution >= 0.6 is 11.8 Å². The molecular weight excluding hydrogens is 234 g/mol. The molecule has 0 saturated heterocycles. The highest BCUT2D eigenvalue weighted by Gasteiger charge is 2.05. The molecule has 2 N–H and O–H groups in total. The molecule has 96 valence electrons. The molecule has 5 nitrogen and oxygen atoms in total. The third-order valence-electron chi connectivity index (χ3n) is 2.01. The van der Waals surface area contributed by atoms with Gasteiger partial charge in [0.05, 0.1) is 0 Å². The fourth-order valence-corrected chi connectivity index (χ4v) is 2.12. The van der Waals surface area contributed by atoms with Crippen LogP contribution in [0.1, 0.15) is 33.6 Å². The molecule has 1 heterocycles. The van der Waals surface area contributed by atoms with Gasteiger partial charge in [-0.25, -0.2) is 0 Å². The fraction of sp³-hybridized carbons (Fsp3) is 0.727. The standard InChI is InChI=1S/C11H21N5S/c1-4-7-8-17-11-15-9(12-5-2)14-10(16-11)13-6-3/h4-8H2,1-3H3,(H2,12,13,14,15,16). The molecule has 6 heteroatoms. The Labute approximate surface area is 107 Å². The number of rotatable bonds is 8. The van der Waals surface area contributed by atoms with E-state index in [1.165, 1.54) is 12.8 Å². The van der Waals surface area contributed by atoms with Gasteiger partial charge in [-0.15, -0.1) is 0 Å².